The van der Waals surface area contributed by atoms with Gasteiger partial charge in [-0.15, -0.1) is 0 Å². The van der Waals surface area contributed by atoms with Gasteiger partial charge in [-0.1, -0.05) is 53.8 Å². The summed E-state index contributed by atoms with van der Waals surface area (Å²) in [6, 6.07) is 23.6. The molecular weight excluding hydrogens is 498 g/mol. The number of para-hydroxylation sites is 1. The van der Waals surface area contributed by atoms with Crippen molar-refractivity contribution in [1.82, 2.24) is 4.57 Å². The minimum absolute atomic E-state index is 0.207. The highest BCUT2D eigenvalue weighted by molar-refractivity contribution is 7.07. The van der Waals surface area contributed by atoms with Crippen LogP contribution in [-0.4, -0.2) is 24.2 Å². The fraction of sp³-hybridized carbons (Fsp3) is 0.167. The van der Waals surface area contributed by atoms with E-state index in [0.29, 0.717) is 38.6 Å². The monoisotopic (exact) mass is 525 g/mol. The molecule has 0 spiro atoms. The zero-order chi connectivity index (χ0) is 26.6. The number of benzene rings is 3. The number of fused-ring (bicyclic) bond motifs is 1. The number of nitrogens with one attached hydrogen (secondary N) is 1. The first-order chi connectivity index (χ1) is 18.5. The Kier molecular flexibility index (Phi) is 7.24. The lowest BCUT2D eigenvalue weighted by Gasteiger charge is -2.25. The van der Waals surface area contributed by atoms with E-state index in [1.54, 1.807) is 18.6 Å². The summed E-state index contributed by atoms with van der Waals surface area (Å²) >= 11 is 1.31. The van der Waals surface area contributed by atoms with E-state index in [9.17, 15) is 9.59 Å². The molecule has 5 rings (SSSR count). The number of rotatable bonds is 7. The maximum atomic E-state index is 13.8. The second kappa shape index (κ2) is 10.9. The molecule has 0 radical (unpaired) electrons. The number of anilines is 1. The van der Waals surface area contributed by atoms with Crippen LogP contribution in [0.5, 0.6) is 11.5 Å². The first-order valence-corrected chi connectivity index (χ1v) is 13.1. The van der Waals surface area contributed by atoms with E-state index >= 15 is 0 Å². The zero-order valence-electron chi connectivity index (χ0n) is 21.3. The number of thiazole rings is 1. The molecule has 8 heteroatoms. The van der Waals surface area contributed by atoms with E-state index in [0.717, 1.165) is 16.9 Å². The molecule has 2 heterocycles. The van der Waals surface area contributed by atoms with Gasteiger partial charge in [0.1, 0.15) is 11.5 Å². The Labute approximate surface area is 224 Å². The van der Waals surface area contributed by atoms with Gasteiger partial charge in [0, 0.05) is 5.69 Å². The Hall–Kier alpha value is -4.43. The lowest BCUT2D eigenvalue weighted by Crippen LogP contribution is -2.40. The standard InChI is InChI=1S/C30H27N3O4S/c1-4-37-24-14-10-20(11-15-24)18-25-29(35)33-27(21-12-16-23(36-3)17-13-21)26(19(2)31-30(33)38-25)28(34)32-22-8-6-5-7-9-22/h5-18,27H,4H2,1-3H3,(H,32,34)/b25-18-. The fourth-order valence-corrected chi connectivity index (χ4v) is 5.46. The summed E-state index contributed by atoms with van der Waals surface area (Å²) in [5.74, 6) is 1.15. The van der Waals surface area contributed by atoms with Crippen LogP contribution in [0.1, 0.15) is 31.0 Å². The number of hydrogen-bond acceptors (Lipinski definition) is 6. The van der Waals surface area contributed by atoms with Gasteiger partial charge in [0.05, 0.1) is 35.6 Å². The molecule has 0 aliphatic carbocycles. The summed E-state index contributed by atoms with van der Waals surface area (Å²) in [4.78, 5) is 32.6. The third-order valence-electron chi connectivity index (χ3n) is 6.22. The molecule has 1 atom stereocenters. The number of methoxy groups -OCH3 is 1. The summed E-state index contributed by atoms with van der Waals surface area (Å²) in [5.41, 5.74) is 3.09. The molecule has 1 unspecified atom stereocenters. The van der Waals surface area contributed by atoms with E-state index < -0.39 is 6.04 Å². The van der Waals surface area contributed by atoms with Crippen molar-refractivity contribution in [3.05, 3.63) is 121 Å². The lowest BCUT2D eigenvalue weighted by atomic mass is 9.95. The Balaban J connectivity index is 1.63. The molecule has 1 aromatic heterocycles. The lowest BCUT2D eigenvalue weighted by molar-refractivity contribution is -0.113. The van der Waals surface area contributed by atoms with Crippen LogP contribution in [0.4, 0.5) is 5.69 Å². The summed E-state index contributed by atoms with van der Waals surface area (Å²) in [5, 5.41) is 2.96. The van der Waals surface area contributed by atoms with Crippen LogP contribution >= 0.6 is 11.3 Å². The van der Waals surface area contributed by atoms with E-state index in [1.165, 1.54) is 11.3 Å². The molecule has 1 aliphatic rings. The molecule has 192 valence electrons. The predicted octanol–water partition coefficient (Wildman–Crippen LogP) is 4.28. The number of aromatic nitrogens is 1. The number of carbonyl (C=O) groups excluding carboxylic acids is 1. The van der Waals surface area contributed by atoms with Crippen molar-refractivity contribution in [2.45, 2.75) is 19.9 Å². The van der Waals surface area contributed by atoms with Crippen LogP contribution in [0.2, 0.25) is 0 Å². The topological polar surface area (TPSA) is 81.9 Å². The van der Waals surface area contributed by atoms with E-state index in [1.807, 2.05) is 91.9 Å². The van der Waals surface area contributed by atoms with Crippen LogP contribution in [-0.2, 0) is 4.79 Å². The molecule has 3 aromatic carbocycles. The smallest absolute Gasteiger partial charge is 0.271 e. The third-order valence-corrected chi connectivity index (χ3v) is 7.20. The summed E-state index contributed by atoms with van der Waals surface area (Å²) in [7, 11) is 1.60. The molecule has 1 N–H and O–H groups in total. The summed E-state index contributed by atoms with van der Waals surface area (Å²) < 4.78 is 13.0. The summed E-state index contributed by atoms with van der Waals surface area (Å²) in [6.07, 6.45) is 1.84. The molecule has 7 nitrogen and oxygen atoms in total. The molecule has 1 amide bonds. The first kappa shape index (κ1) is 25.2. The zero-order valence-corrected chi connectivity index (χ0v) is 22.1. The number of nitrogens with zero attached hydrogens (tertiary/aromatic N) is 2. The van der Waals surface area contributed by atoms with Gasteiger partial charge in [-0.05, 0) is 67.4 Å². The van der Waals surface area contributed by atoms with Crippen LogP contribution in [0, 0.1) is 0 Å². The van der Waals surface area contributed by atoms with Gasteiger partial charge in [0.2, 0.25) is 0 Å². The van der Waals surface area contributed by atoms with Crippen molar-refractivity contribution in [2.75, 3.05) is 19.0 Å². The van der Waals surface area contributed by atoms with Crippen molar-refractivity contribution in [1.29, 1.82) is 0 Å². The van der Waals surface area contributed by atoms with E-state index in [2.05, 4.69) is 5.32 Å². The van der Waals surface area contributed by atoms with E-state index in [4.69, 9.17) is 14.5 Å². The molecular formula is C30H27N3O4S. The normalized spacial score (nSPS) is 15.0. The van der Waals surface area contributed by atoms with Gasteiger partial charge in [0.25, 0.3) is 11.5 Å². The quantitative estimate of drug-likeness (QED) is 0.391. The number of amides is 1. The fourth-order valence-electron chi connectivity index (χ4n) is 4.41. The largest absolute Gasteiger partial charge is 0.497 e. The Morgan fingerprint density at radius 2 is 1.71 bits per heavy atom. The maximum absolute atomic E-state index is 13.8. The molecule has 1 aliphatic heterocycles. The van der Waals surface area contributed by atoms with Crippen molar-refractivity contribution >= 4 is 29.0 Å². The predicted molar refractivity (Wildman–Crippen MR) is 149 cm³/mol. The molecule has 0 fully saturated rings. The average Bonchev–Trinajstić information content (AvgIpc) is 3.23. The van der Waals surface area contributed by atoms with Crippen molar-refractivity contribution in [3.63, 3.8) is 0 Å². The summed E-state index contributed by atoms with van der Waals surface area (Å²) in [6.45, 7) is 4.33. The van der Waals surface area contributed by atoms with E-state index in [-0.39, 0.29) is 11.5 Å². The second-order valence-corrected chi connectivity index (χ2v) is 9.69. The molecule has 0 saturated carbocycles. The minimum Gasteiger partial charge on any atom is -0.497 e. The van der Waals surface area contributed by atoms with Gasteiger partial charge >= 0.3 is 0 Å². The van der Waals surface area contributed by atoms with Crippen LogP contribution in [0.15, 0.2) is 99.9 Å². The highest BCUT2D eigenvalue weighted by Crippen LogP contribution is 2.31. The minimum atomic E-state index is -0.650. The average molecular weight is 526 g/mol. The van der Waals surface area contributed by atoms with Crippen molar-refractivity contribution in [3.8, 4) is 11.5 Å². The number of carbonyl (C=O) groups is 1. The second-order valence-electron chi connectivity index (χ2n) is 8.68. The van der Waals surface area contributed by atoms with Gasteiger partial charge < -0.3 is 14.8 Å². The van der Waals surface area contributed by atoms with Crippen molar-refractivity contribution < 1.29 is 14.3 Å². The number of hydrogen-bond donors (Lipinski definition) is 1. The molecule has 38 heavy (non-hydrogen) atoms. The Morgan fingerprint density at radius 3 is 2.37 bits per heavy atom. The van der Waals surface area contributed by atoms with Gasteiger partial charge in [0.15, 0.2) is 4.80 Å². The van der Waals surface area contributed by atoms with Gasteiger partial charge in [-0.2, -0.15) is 0 Å². The highest BCUT2D eigenvalue weighted by atomic mass is 32.1. The Bertz CT molecular complexity index is 1670. The molecule has 4 aromatic rings. The van der Waals surface area contributed by atoms with Gasteiger partial charge in [-0.3, -0.25) is 14.2 Å². The van der Waals surface area contributed by atoms with Gasteiger partial charge in [-0.25, -0.2) is 4.99 Å². The third kappa shape index (κ3) is 5.03. The first-order valence-electron chi connectivity index (χ1n) is 12.2. The number of allylic oxidation sites excluding steroid dienone is 1. The van der Waals surface area contributed by atoms with Crippen LogP contribution in [0.3, 0.4) is 0 Å². The van der Waals surface area contributed by atoms with Crippen LogP contribution in [0.25, 0.3) is 6.08 Å². The highest BCUT2D eigenvalue weighted by Gasteiger charge is 2.32. The molecule has 0 bridgehead atoms. The number of ether oxygens (including phenoxy) is 2. The van der Waals surface area contributed by atoms with Crippen LogP contribution < -0.4 is 29.7 Å². The maximum Gasteiger partial charge on any atom is 0.271 e. The Morgan fingerprint density at radius 1 is 1.03 bits per heavy atom. The van der Waals surface area contributed by atoms with Crippen molar-refractivity contribution in [2.24, 2.45) is 4.99 Å². The SMILES string of the molecule is CCOc1ccc(/C=c2\sc3n(c2=O)C(c2ccc(OC)cc2)C(C(=O)Nc2ccccc2)=C(C)N=3)cc1. The molecule has 0 saturated heterocycles.